The van der Waals surface area contributed by atoms with Crippen LogP contribution in [-0.2, 0) is 30.5 Å². The summed E-state index contributed by atoms with van der Waals surface area (Å²) in [6, 6.07) is 22.1. The molecule has 1 aliphatic carbocycles. The van der Waals surface area contributed by atoms with E-state index in [-0.39, 0.29) is 47.6 Å². The third-order valence-electron chi connectivity index (χ3n) is 13.5. The summed E-state index contributed by atoms with van der Waals surface area (Å²) in [6.07, 6.45) is 5.18. The number of hydrogen-bond donors (Lipinski definition) is 4. The van der Waals surface area contributed by atoms with Gasteiger partial charge >= 0.3 is 6.09 Å². The van der Waals surface area contributed by atoms with Crippen LogP contribution in [0.25, 0.3) is 44.2 Å². The Balaban J connectivity index is 0.896. The number of hydrogen-bond acceptors (Lipinski definition) is 9. The number of rotatable bonds is 12. The number of benzene rings is 4. The van der Waals surface area contributed by atoms with Crippen molar-refractivity contribution in [3.8, 4) is 28.1 Å². The van der Waals surface area contributed by atoms with E-state index in [1.165, 1.54) is 7.11 Å². The maximum absolute atomic E-state index is 14.2. The molecule has 0 bridgehead atoms. The normalized spacial score (nSPS) is 20.0. The summed E-state index contributed by atoms with van der Waals surface area (Å²) in [4.78, 5) is 74.1. The summed E-state index contributed by atoms with van der Waals surface area (Å²) in [5.74, 6) is 1.72. The first-order chi connectivity index (χ1) is 31.6. The molecule has 1 saturated carbocycles. The van der Waals surface area contributed by atoms with E-state index < -0.39 is 18.2 Å². The topological polar surface area (TPSA) is 184 Å². The Hall–Kier alpha value is -6.74. The van der Waals surface area contributed by atoms with Crippen LogP contribution in [0.1, 0.15) is 86.9 Å². The number of nitrogens with zero attached hydrogens (tertiary/aromatic N) is 4. The van der Waals surface area contributed by atoms with Crippen LogP contribution in [-0.4, -0.2) is 93.5 Å². The van der Waals surface area contributed by atoms with Crippen molar-refractivity contribution >= 4 is 45.6 Å². The van der Waals surface area contributed by atoms with E-state index in [2.05, 4.69) is 57.0 Å². The average molecular weight is 879 g/mol. The molecule has 4 N–H and O–H groups in total. The minimum Gasteiger partial charge on any atom is -0.488 e. The zero-order valence-electron chi connectivity index (χ0n) is 37.1. The molecule has 65 heavy (non-hydrogen) atoms. The molecule has 4 aliphatic rings. The van der Waals surface area contributed by atoms with Gasteiger partial charge in [-0.15, -0.1) is 0 Å². The van der Waals surface area contributed by atoms with Gasteiger partial charge in [0, 0.05) is 43.0 Å². The van der Waals surface area contributed by atoms with Gasteiger partial charge in [-0.2, -0.15) is 0 Å². The maximum atomic E-state index is 14.2. The first-order valence-corrected chi connectivity index (χ1v) is 22.7. The van der Waals surface area contributed by atoms with Crippen LogP contribution < -0.4 is 15.4 Å². The van der Waals surface area contributed by atoms with Crippen molar-refractivity contribution in [1.82, 2.24) is 40.4 Å². The van der Waals surface area contributed by atoms with Crippen LogP contribution in [0.2, 0.25) is 0 Å². The first-order valence-electron chi connectivity index (χ1n) is 22.7. The van der Waals surface area contributed by atoms with Crippen molar-refractivity contribution in [2.24, 2.45) is 17.8 Å². The number of fused-ring (bicyclic) bond motifs is 6. The Bertz CT molecular complexity index is 2800. The van der Waals surface area contributed by atoms with Gasteiger partial charge in [0.2, 0.25) is 17.7 Å². The SMILES string of the molecule is COC[C@H]1C[C@@H](c2nc3c(ccc4cc5c(cc43)OCc3cc(-c4cnc([C@@H]6CCCN6C(=O)[C@H](NC(=O)C6CC6)c6ccccc6)[nH]4)ccc3-5)[nH]2)N(C(=O)C(NC(=O)OC)C(C)C)C1. The lowest BCUT2D eigenvalue weighted by atomic mass is 9.92. The number of methoxy groups -OCH3 is 2. The van der Waals surface area contributed by atoms with Crippen LogP contribution in [0.4, 0.5) is 4.79 Å². The van der Waals surface area contributed by atoms with Gasteiger partial charge in [0.25, 0.3) is 0 Å². The van der Waals surface area contributed by atoms with Crippen molar-refractivity contribution in [2.75, 3.05) is 33.9 Å². The summed E-state index contributed by atoms with van der Waals surface area (Å²) >= 11 is 0. The molecule has 4 amide bonds. The van der Waals surface area contributed by atoms with Gasteiger partial charge in [0.15, 0.2) is 0 Å². The number of alkyl carbamates (subject to hydrolysis) is 1. The number of aromatic nitrogens is 4. The van der Waals surface area contributed by atoms with Crippen molar-refractivity contribution in [2.45, 2.75) is 76.7 Å². The molecule has 1 unspecified atom stereocenters. The smallest absolute Gasteiger partial charge is 0.407 e. The monoisotopic (exact) mass is 878 g/mol. The molecule has 336 valence electrons. The number of amides is 4. The van der Waals surface area contributed by atoms with Crippen LogP contribution in [0, 0.1) is 17.8 Å². The van der Waals surface area contributed by atoms with E-state index >= 15 is 0 Å². The molecule has 4 aromatic carbocycles. The molecule has 0 radical (unpaired) electrons. The molecule has 15 heteroatoms. The third-order valence-corrected chi connectivity index (χ3v) is 13.5. The fraction of sp³-hybridized carbons (Fsp3) is 0.400. The van der Waals surface area contributed by atoms with Gasteiger partial charge < -0.3 is 44.6 Å². The number of ether oxygens (including phenoxy) is 3. The number of carbonyl (C=O) groups excluding carboxylic acids is 4. The predicted molar refractivity (Wildman–Crippen MR) is 243 cm³/mol. The third kappa shape index (κ3) is 8.06. The molecular formula is C50H54N8O7. The van der Waals surface area contributed by atoms with E-state index in [4.69, 9.17) is 24.2 Å². The molecule has 5 atom stereocenters. The Morgan fingerprint density at radius 1 is 0.877 bits per heavy atom. The molecule has 2 saturated heterocycles. The second-order valence-corrected chi connectivity index (χ2v) is 18.2. The van der Waals surface area contributed by atoms with Gasteiger partial charge in [0.1, 0.15) is 36.1 Å². The highest BCUT2D eigenvalue weighted by Gasteiger charge is 2.42. The van der Waals surface area contributed by atoms with Crippen molar-refractivity contribution in [1.29, 1.82) is 0 Å². The maximum Gasteiger partial charge on any atom is 0.407 e. The standard InChI is InChI=1S/C50H54N8O7/c1-27(2)42(56-50(62)64-4)48(60)58-24-28(25-63-3)19-40(58)46-52-37-17-15-31-21-36-34-16-14-32(20-33(34)26-65-41(36)22-35(31)44(37)54-46)38-23-51-45(53-38)39-11-8-18-57(39)49(61)43(29-9-6-5-7-10-29)55-47(59)30-12-13-30/h5-7,9-10,14-17,20-23,27-28,30,39-40,42-43H,8,11-13,18-19,24-26H2,1-4H3,(H,51,53)(H,52,54)(H,55,59)(H,56,62)/t28-,39-,40-,42?,43+/m0/s1. The minimum absolute atomic E-state index is 0.0126. The first kappa shape index (κ1) is 42.2. The summed E-state index contributed by atoms with van der Waals surface area (Å²) in [7, 11) is 2.95. The van der Waals surface area contributed by atoms with Crippen molar-refractivity contribution in [3.63, 3.8) is 0 Å². The van der Waals surface area contributed by atoms with Gasteiger partial charge in [-0.05, 0) is 89.9 Å². The van der Waals surface area contributed by atoms with Crippen LogP contribution in [0.3, 0.4) is 0 Å². The van der Waals surface area contributed by atoms with E-state index in [1.54, 1.807) is 7.11 Å². The van der Waals surface area contributed by atoms with E-state index in [0.717, 1.165) is 92.6 Å². The molecular weight excluding hydrogens is 825 g/mol. The average Bonchev–Trinajstić information content (AvgIpc) is 3.68. The van der Waals surface area contributed by atoms with E-state index in [1.807, 2.05) is 66.2 Å². The number of aromatic amines is 2. The molecule has 3 aliphatic heterocycles. The lowest BCUT2D eigenvalue weighted by Gasteiger charge is -2.30. The minimum atomic E-state index is -0.761. The van der Waals surface area contributed by atoms with Crippen LogP contribution in [0.15, 0.2) is 79.0 Å². The lowest BCUT2D eigenvalue weighted by Crippen LogP contribution is -2.51. The second kappa shape index (κ2) is 17.3. The molecule has 6 aromatic rings. The van der Waals surface area contributed by atoms with E-state index in [0.29, 0.717) is 38.5 Å². The van der Waals surface area contributed by atoms with Gasteiger partial charge in [-0.25, -0.2) is 14.8 Å². The number of nitrogens with one attached hydrogen (secondary N) is 4. The zero-order valence-corrected chi connectivity index (χ0v) is 37.1. The molecule has 0 spiro atoms. The fourth-order valence-corrected chi connectivity index (χ4v) is 9.96. The Morgan fingerprint density at radius 3 is 2.48 bits per heavy atom. The number of H-pyrrole nitrogens is 2. The molecule has 15 nitrogen and oxygen atoms in total. The zero-order chi connectivity index (χ0) is 44.9. The predicted octanol–water partition coefficient (Wildman–Crippen LogP) is 7.51. The highest BCUT2D eigenvalue weighted by Crippen LogP contribution is 2.44. The second-order valence-electron chi connectivity index (χ2n) is 18.2. The quantitative estimate of drug-likeness (QED) is 0.0967. The van der Waals surface area contributed by atoms with Crippen LogP contribution >= 0.6 is 0 Å². The molecule has 3 fully saturated rings. The van der Waals surface area contributed by atoms with Crippen molar-refractivity contribution < 1.29 is 33.4 Å². The fourth-order valence-electron chi connectivity index (χ4n) is 9.96. The Labute approximate surface area is 376 Å². The molecule has 5 heterocycles. The summed E-state index contributed by atoms with van der Waals surface area (Å²) in [5, 5.41) is 7.73. The Morgan fingerprint density at radius 2 is 1.71 bits per heavy atom. The van der Waals surface area contributed by atoms with Crippen molar-refractivity contribution in [3.05, 3.63) is 102 Å². The van der Waals surface area contributed by atoms with Gasteiger partial charge in [-0.1, -0.05) is 62.4 Å². The van der Waals surface area contributed by atoms with Gasteiger partial charge in [-0.3, -0.25) is 14.4 Å². The molecule has 2 aromatic heterocycles. The number of likely N-dealkylation sites (tertiary alicyclic amines) is 2. The molecule has 10 rings (SSSR count). The lowest BCUT2D eigenvalue weighted by molar-refractivity contribution is -0.138. The highest BCUT2D eigenvalue weighted by atomic mass is 16.5. The highest BCUT2D eigenvalue weighted by molar-refractivity contribution is 6.07. The van der Waals surface area contributed by atoms with Gasteiger partial charge in [0.05, 0.1) is 48.7 Å². The summed E-state index contributed by atoms with van der Waals surface area (Å²) < 4.78 is 16.8. The Kier molecular flexibility index (Phi) is 11.3. The van der Waals surface area contributed by atoms with Crippen LogP contribution in [0.5, 0.6) is 5.75 Å². The van der Waals surface area contributed by atoms with E-state index in [9.17, 15) is 19.2 Å². The number of carbonyl (C=O) groups is 4. The largest absolute Gasteiger partial charge is 0.488 e. The number of imidazole rings is 2. The summed E-state index contributed by atoms with van der Waals surface area (Å²) in [6.45, 7) is 5.73. The summed E-state index contributed by atoms with van der Waals surface area (Å²) in [5.41, 5.74) is 7.33.